The van der Waals surface area contributed by atoms with Crippen LogP contribution in [0.4, 0.5) is 35.1 Å². The summed E-state index contributed by atoms with van der Waals surface area (Å²) in [5.74, 6) is -21.2. The quantitative estimate of drug-likeness (QED) is 0.172. The van der Waals surface area contributed by atoms with E-state index in [9.17, 15) is 44.7 Å². The third kappa shape index (κ3) is 8.30. The van der Waals surface area contributed by atoms with Crippen molar-refractivity contribution in [1.82, 2.24) is 0 Å². The van der Waals surface area contributed by atoms with Gasteiger partial charge in [-0.3, -0.25) is 0 Å². The van der Waals surface area contributed by atoms with Crippen LogP contribution >= 0.6 is 0 Å². The van der Waals surface area contributed by atoms with Crippen molar-refractivity contribution in [1.29, 1.82) is 0 Å². The Hall–Kier alpha value is -2.40. The van der Waals surface area contributed by atoms with Crippen molar-refractivity contribution in [3.05, 3.63) is 35.4 Å². The topological polar surface area (TPSA) is 52.6 Å². The van der Waals surface area contributed by atoms with Gasteiger partial charge in [0.1, 0.15) is 0 Å². The molecule has 0 spiro atoms. The molecule has 0 aliphatic carbocycles. The van der Waals surface area contributed by atoms with Crippen molar-refractivity contribution in [2.75, 3.05) is 6.61 Å². The first-order valence-corrected chi connectivity index (χ1v) is 12.1. The maximum Gasteiger partial charge on any atom is 0.381 e. The van der Waals surface area contributed by atoms with Crippen LogP contribution in [0.3, 0.4) is 0 Å². The van der Waals surface area contributed by atoms with Crippen molar-refractivity contribution in [2.45, 2.75) is 90.6 Å². The lowest BCUT2D eigenvalue weighted by molar-refractivity contribution is -0.344. The summed E-state index contributed by atoms with van der Waals surface area (Å²) in [6.07, 6.45) is -6.40. The van der Waals surface area contributed by atoms with E-state index in [1.807, 2.05) is 33.8 Å². The molecule has 218 valence electrons. The van der Waals surface area contributed by atoms with E-state index in [1.165, 1.54) is 6.07 Å². The number of hydrogen-bond donors (Lipinski definition) is 0. The van der Waals surface area contributed by atoms with Gasteiger partial charge in [0.15, 0.2) is 12.7 Å². The van der Waals surface area contributed by atoms with Gasteiger partial charge in [0.2, 0.25) is 0 Å². The molecular formula is C26H34F8O4. The lowest BCUT2D eigenvalue weighted by Gasteiger charge is -2.32. The Labute approximate surface area is 217 Å². The highest BCUT2D eigenvalue weighted by Crippen LogP contribution is 2.48. The molecule has 0 aliphatic heterocycles. The van der Waals surface area contributed by atoms with Crippen molar-refractivity contribution in [3.8, 4) is 0 Å². The third-order valence-electron chi connectivity index (χ3n) is 5.83. The second kappa shape index (κ2) is 13.1. The normalized spacial score (nSPS) is 14.8. The van der Waals surface area contributed by atoms with Crippen LogP contribution in [0, 0.1) is 17.8 Å². The lowest BCUT2D eigenvalue weighted by atomic mass is 9.82. The molecule has 0 radical (unpaired) electrons. The van der Waals surface area contributed by atoms with Crippen molar-refractivity contribution in [2.24, 2.45) is 17.8 Å². The van der Waals surface area contributed by atoms with Crippen molar-refractivity contribution in [3.63, 3.8) is 0 Å². The summed E-state index contributed by atoms with van der Waals surface area (Å²) in [6, 6.07) is 6.39. The van der Waals surface area contributed by atoms with Crippen molar-refractivity contribution < 1.29 is 54.2 Å². The molecule has 1 aromatic rings. The first kappa shape index (κ1) is 33.6. The molecule has 0 aromatic heterocycles. The largest absolute Gasteiger partial charge is 0.456 e. The van der Waals surface area contributed by atoms with Crippen LogP contribution in [0.5, 0.6) is 0 Å². The third-order valence-corrected chi connectivity index (χ3v) is 5.83. The monoisotopic (exact) mass is 562 g/mol. The zero-order valence-electron chi connectivity index (χ0n) is 22.1. The highest BCUT2D eigenvalue weighted by molar-refractivity contribution is 5.91. The van der Waals surface area contributed by atoms with E-state index in [1.54, 1.807) is 26.0 Å². The predicted molar refractivity (Wildman–Crippen MR) is 124 cm³/mol. The summed E-state index contributed by atoms with van der Waals surface area (Å²) in [5, 5.41) is 0. The van der Waals surface area contributed by atoms with E-state index in [2.05, 4.69) is 4.74 Å². The van der Waals surface area contributed by atoms with E-state index in [-0.39, 0.29) is 29.7 Å². The van der Waals surface area contributed by atoms with Crippen LogP contribution in [0.2, 0.25) is 0 Å². The fourth-order valence-electron chi connectivity index (χ4n) is 3.74. The number of ether oxygens (including phenoxy) is 2. The molecule has 0 amide bonds. The van der Waals surface area contributed by atoms with Crippen LogP contribution in [-0.4, -0.2) is 48.8 Å². The molecule has 1 aromatic carbocycles. The lowest BCUT2D eigenvalue weighted by Crippen LogP contribution is -2.59. The van der Waals surface area contributed by atoms with Crippen LogP contribution in [0.15, 0.2) is 24.3 Å². The van der Waals surface area contributed by atoms with Gasteiger partial charge in [0.25, 0.3) is 0 Å². The van der Waals surface area contributed by atoms with E-state index < -0.39 is 48.8 Å². The Morgan fingerprint density at radius 2 is 1.42 bits per heavy atom. The number of rotatable bonds is 14. The van der Waals surface area contributed by atoms with E-state index >= 15 is 0 Å². The molecule has 12 heteroatoms. The van der Waals surface area contributed by atoms with Gasteiger partial charge in [0.05, 0.1) is 5.56 Å². The molecule has 0 saturated carbocycles. The maximum absolute atomic E-state index is 13.8. The Morgan fingerprint density at radius 3 is 1.89 bits per heavy atom. The fourth-order valence-corrected chi connectivity index (χ4v) is 3.74. The van der Waals surface area contributed by atoms with Gasteiger partial charge in [-0.15, -0.1) is 0 Å². The van der Waals surface area contributed by atoms with Gasteiger partial charge >= 0.3 is 36.1 Å². The van der Waals surface area contributed by atoms with Gasteiger partial charge in [-0.1, -0.05) is 53.7 Å². The van der Waals surface area contributed by atoms with Gasteiger partial charge in [-0.2, -0.15) is 26.3 Å². The molecule has 38 heavy (non-hydrogen) atoms. The van der Waals surface area contributed by atoms with E-state index in [0.717, 1.165) is 12.0 Å². The van der Waals surface area contributed by atoms with E-state index in [0.29, 0.717) is 5.92 Å². The standard InChI is InChI=1S/C26H34F8O4/c1-14(2)10-19(16(5)6)17-8-7-9-18(12-17)21(35)38-20(11-15(3)4)22(36)37-13-24(29,30)26(33,34)25(31,32)23(27)28/h7-9,12,14-16,19-20,23H,10-11,13H2,1-6H3. The minimum atomic E-state index is -6.53. The molecular weight excluding hydrogens is 528 g/mol. The summed E-state index contributed by atoms with van der Waals surface area (Å²) in [7, 11) is 0. The molecule has 0 aliphatic rings. The second-order valence-corrected chi connectivity index (χ2v) is 10.4. The molecule has 0 N–H and O–H groups in total. The second-order valence-electron chi connectivity index (χ2n) is 10.4. The highest BCUT2D eigenvalue weighted by Gasteiger charge is 2.75. The molecule has 0 saturated heterocycles. The van der Waals surface area contributed by atoms with Crippen molar-refractivity contribution >= 4 is 11.9 Å². The Kier molecular flexibility index (Phi) is 11.6. The molecule has 2 atom stereocenters. The number of alkyl halides is 8. The minimum Gasteiger partial charge on any atom is -0.456 e. The average molecular weight is 563 g/mol. The van der Waals surface area contributed by atoms with Crippen LogP contribution in [0.1, 0.15) is 76.2 Å². The van der Waals surface area contributed by atoms with Crippen LogP contribution in [0.25, 0.3) is 0 Å². The van der Waals surface area contributed by atoms with Crippen LogP contribution < -0.4 is 0 Å². The average Bonchev–Trinajstić information content (AvgIpc) is 2.79. The molecule has 4 nitrogen and oxygen atoms in total. The van der Waals surface area contributed by atoms with Gasteiger partial charge < -0.3 is 9.47 Å². The Morgan fingerprint density at radius 1 is 0.868 bits per heavy atom. The molecule has 0 fully saturated rings. The summed E-state index contributed by atoms with van der Waals surface area (Å²) in [6.45, 7) is 8.63. The maximum atomic E-state index is 13.8. The van der Waals surface area contributed by atoms with E-state index in [4.69, 9.17) is 4.74 Å². The number of esters is 2. The summed E-state index contributed by atoms with van der Waals surface area (Å²) >= 11 is 0. The number of halogens is 8. The minimum absolute atomic E-state index is 0.0342. The van der Waals surface area contributed by atoms with Gasteiger partial charge in [0, 0.05) is 0 Å². The Balaban J connectivity index is 3.10. The molecule has 0 bridgehead atoms. The number of hydrogen-bond acceptors (Lipinski definition) is 4. The smallest absolute Gasteiger partial charge is 0.381 e. The summed E-state index contributed by atoms with van der Waals surface area (Å²) in [5.41, 5.74) is 0.861. The number of benzene rings is 1. The first-order chi connectivity index (χ1) is 17.2. The Bertz CT molecular complexity index is 932. The zero-order chi connectivity index (χ0) is 29.6. The molecule has 1 rings (SSSR count). The van der Waals surface area contributed by atoms with Gasteiger partial charge in [-0.05, 0) is 54.2 Å². The number of carbonyl (C=O) groups is 2. The van der Waals surface area contributed by atoms with Crippen LogP contribution in [-0.2, 0) is 14.3 Å². The fraction of sp³-hybridized carbons (Fsp3) is 0.692. The predicted octanol–water partition coefficient (Wildman–Crippen LogP) is 7.76. The summed E-state index contributed by atoms with van der Waals surface area (Å²) < 4.78 is 114. The molecule has 2 unspecified atom stereocenters. The van der Waals surface area contributed by atoms with Gasteiger partial charge in [-0.25, -0.2) is 18.4 Å². The highest BCUT2D eigenvalue weighted by atomic mass is 19.4. The SMILES string of the molecule is CC(C)CC(OC(=O)c1cccc(C(CC(C)C)C(C)C)c1)C(=O)OCC(F)(F)C(F)(F)C(F)(F)C(F)F. The number of carbonyl (C=O) groups excluding carboxylic acids is 2. The summed E-state index contributed by atoms with van der Waals surface area (Å²) in [4.78, 5) is 25.2. The molecule has 0 heterocycles. The zero-order valence-corrected chi connectivity index (χ0v) is 22.1. The first-order valence-electron chi connectivity index (χ1n) is 12.1.